The lowest BCUT2D eigenvalue weighted by molar-refractivity contribution is 0.228. The summed E-state index contributed by atoms with van der Waals surface area (Å²) in [6.07, 6.45) is 1.79. The van der Waals surface area contributed by atoms with Gasteiger partial charge < -0.3 is 20.3 Å². The summed E-state index contributed by atoms with van der Waals surface area (Å²) < 4.78 is 6.85. The van der Waals surface area contributed by atoms with Crippen LogP contribution in [0.15, 0.2) is 45.3 Å². The lowest BCUT2D eigenvalue weighted by Crippen LogP contribution is -2.51. The number of nitrogens with two attached hydrogens (primary N) is 1. The summed E-state index contributed by atoms with van der Waals surface area (Å²) in [6, 6.07) is 7.81. The van der Waals surface area contributed by atoms with E-state index in [0.717, 1.165) is 41.5 Å². The molecule has 25 heavy (non-hydrogen) atoms. The minimum absolute atomic E-state index is 0.0474. The van der Waals surface area contributed by atoms with E-state index in [1.807, 2.05) is 42.8 Å². The lowest BCUT2D eigenvalue weighted by Gasteiger charge is -2.35. The van der Waals surface area contributed by atoms with Crippen molar-refractivity contribution < 1.29 is 4.74 Å². The van der Waals surface area contributed by atoms with Gasteiger partial charge in [0.05, 0.1) is 11.0 Å². The van der Waals surface area contributed by atoms with Crippen LogP contribution in [0.4, 0.5) is 5.13 Å². The van der Waals surface area contributed by atoms with Gasteiger partial charge in [-0.2, -0.15) is 0 Å². The second-order valence-electron chi connectivity index (χ2n) is 5.85. The van der Waals surface area contributed by atoms with E-state index in [9.17, 15) is 0 Å². The molecule has 1 aliphatic rings. The molecule has 0 amide bonds. The molecule has 2 N–H and O–H groups in total. The molecule has 0 bridgehead atoms. The van der Waals surface area contributed by atoms with Gasteiger partial charge in [0.2, 0.25) is 0 Å². The maximum atomic E-state index is 6.16. The van der Waals surface area contributed by atoms with Crippen LogP contribution in [0.3, 0.4) is 0 Å². The Morgan fingerprint density at radius 1 is 1.36 bits per heavy atom. The molecule has 1 atom stereocenters. The van der Waals surface area contributed by atoms with Crippen molar-refractivity contribution in [1.82, 2.24) is 9.88 Å². The molecule has 2 heterocycles. The van der Waals surface area contributed by atoms with Crippen molar-refractivity contribution >= 4 is 38.4 Å². The summed E-state index contributed by atoms with van der Waals surface area (Å²) in [4.78, 5) is 13.3. The average molecular weight is 424 g/mol. The zero-order chi connectivity index (χ0) is 17.6. The highest BCUT2D eigenvalue weighted by atomic mass is 79.9. The molecule has 0 saturated carbocycles. The Kier molecular flexibility index (Phi) is 6.14. The Bertz CT molecular complexity index is 701. The van der Waals surface area contributed by atoms with Crippen LogP contribution < -0.4 is 15.4 Å². The molecule has 1 fully saturated rings. The van der Waals surface area contributed by atoms with Crippen LogP contribution >= 0.6 is 27.3 Å². The molecule has 1 unspecified atom stereocenters. The Balaban J connectivity index is 1.48. The molecule has 1 aliphatic heterocycles. The van der Waals surface area contributed by atoms with Gasteiger partial charge >= 0.3 is 0 Å². The highest BCUT2D eigenvalue weighted by Gasteiger charge is 2.20. The fraction of sp³-hybridized carbons (Fsp3) is 0.412. The van der Waals surface area contributed by atoms with Crippen LogP contribution in [0.25, 0.3) is 0 Å². The van der Waals surface area contributed by atoms with Gasteiger partial charge in [0.1, 0.15) is 11.9 Å². The van der Waals surface area contributed by atoms with Crippen molar-refractivity contribution in [2.75, 3.05) is 37.6 Å². The molecule has 134 valence electrons. The number of benzene rings is 1. The van der Waals surface area contributed by atoms with E-state index in [4.69, 9.17) is 10.5 Å². The Morgan fingerprint density at radius 3 is 2.80 bits per heavy atom. The number of nitrogens with zero attached hydrogens (tertiary/aromatic N) is 4. The van der Waals surface area contributed by atoms with Gasteiger partial charge in [-0.1, -0.05) is 12.1 Å². The third-order valence-corrected chi connectivity index (χ3v) is 5.46. The highest BCUT2D eigenvalue weighted by Crippen LogP contribution is 2.24. The monoisotopic (exact) mass is 423 g/mol. The smallest absolute Gasteiger partial charge is 0.191 e. The van der Waals surface area contributed by atoms with Crippen LogP contribution in [0, 0.1) is 0 Å². The minimum atomic E-state index is -0.0474. The first kappa shape index (κ1) is 18.0. The van der Waals surface area contributed by atoms with Gasteiger partial charge in [0.25, 0.3) is 0 Å². The summed E-state index contributed by atoms with van der Waals surface area (Å²) in [6.45, 7) is 6.05. The molecule has 1 aromatic heterocycles. The zero-order valence-corrected chi connectivity index (χ0v) is 16.5. The first-order valence-corrected chi connectivity index (χ1v) is 9.91. The maximum Gasteiger partial charge on any atom is 0.191 e. The highest BCUT2D eigenvalue weighted by molar-refractivity contribution is 9.10. The molecule has 8 heteroatoms. The number of aromatic nitrogens is 1. The van der Waals surface area contributed by atoms with E-state index in [1.165, 1.54) is 0 Å². The first-order chi connectivity index (χ1) is 12.1. The molecule has 3 rings (SSSR count). The summed E-state index contributed by atoms with van der Waals surface area (Å²) in [5, 5.41) is 3.08. The predicted octanol–water partition coefficient (Wildman–Crippen LogP) is 2.81. The van der Waals surface area contributed by atoms with E-state index in [-0.39, 0.29) is 6.10 Å². The molecule has 1 aromatic carbocycles. The van der Waals surface area contributed by atoms with Crippen LogP contribution in [0.5, 0.6) is 5.75 Å². The van der Waals surface area contributed by atoms with Crippen LogP contribution in [0.1, 0.15) is 6.92 Å². The third-order valence-electron chi connectivity index (χ3n) is 3.97. The number of para-hydroxylation sites is 1. The van der Waals surface area contributed by atoms with Crippen molar-refractivity contribution in [2.24, 2.45) is 10.7 Å². The van der Waals surface area contributed by atoms with Gasteiger partial charge in [0.15, 0.2) is 11.1 Å². The Labute approximate surface area is 160 Å². The third kappa shape index (κ3) is 4.85. The van der Waals surface area contributed by atoms with Crippen molar-refractivity contribution in [3.05, 3.63) is 40.3 Å². The number of halogens is 1. The quantitative estimate of drug-likeness (QED) is 0.591. The van der Waals surface area contributed by atoms with Gasteiger partial charge in [-0.25, -0.2) is 9.98 Å². The SMILES string of the molecule is CC(CN=C(N)N1CCN(c2nccs2)CC1)Oc1ccccc1Br. The fourth-order valence-electron chi connectivity index (χ4n) is 2.62. The number of ether oxygens (including phenoxy) is 1. The van der Waals surface area contributed by atoms with Gasteiger partial charge in [0, 0.05) is 37.8 Å². The maximum absolute atomic E-state index is 6.16. The van der Waals surface area contributed by atoms with Crippen molar-refractivity contribution in [3.63, 3.8) is 0 Å². The van der Waals surface area contributed by atoms with Gasteiger partial charge in [-0.3, -0.25) is 0 Å². The molecule has 0 spiro atoms. The molecule has 6 nitrogen and oxygen atoms in total. The number of anilines is 1. The number of thiazole rings is 1. The number of rotatable bonds is 5. The molecule has 2 aromatic rings. The zero-order valence-electron chi connectivity index (χ0n) is 14.1. The van der Waals surface area contributed by atoms with E-state index in [1.54, 1.807) is 11.3 Å². The molecule has 0 aliphatic carbocycles. The van der Waals surface area contributed by atoms with Crippen molar-refractivity contribution in [3.8, 4) is 5.75 Å². The summed E-state index contributed by atoms with van der Waals surface area (Å²) in [5.41, 5.74) is 6.16. The van der Waals surface area contributed by atoms with E-state index < -0.39 is 0 Å². The first-order valence-electron chi connectivity index (χ1n) is 8.24. The van der Waals surface area contributed by atoms with Gasteiger partial charge in [-0.15, -0.1) is 11.3 Å². The number of hydrogen-bond donors (Lipinski definition) is 1. The van der Waals surface area contributed by atoms with Crippen molar-refractivity contribution in [2.45, 2.75) is 13.0 Å². The fourth-order valence-corrected chi connectivity index (χ4v) is 3.69. The largest absolute Gasteiger partial charge is 0.488 e. The van der Waals surface area contributed by atoms with Crippen LogP contribution in [-0.4, -0.2) is 54.7 Å². The number of guanidine groups is 1. The number of piperazine rings is 1. The van der Waals surface area contributed by atoms with E-state index in [2.05, 4.69) is 35.7 Å². The molecule has 0 radical (unpaired) electrons. The summed E-state index contributed by atoms with van der Waals surface area (Å²) in [7, 11) is 0. The van der Waals surface area contributed by atoms with Gasteiger partial charge in [-0.05, 0) is 35.0 Å². The minimum Gasteiger partial charge on any atom is -0.488 e. The Morgan fingerprint density at radius 2 is 2.12 bits per heavy atom. The van der Waals surface area contributed by atoms with E-state index >= 15 is 0 Å². The standard InChI is InChI=1S/C17H22BrN5OS/c1-13(24-15-5-3-2-4-14(15)18)12-21-16(19)22-7-9-23(10-8-22)17-20-6-11-25-17/h2-6,11,13H,7-10,12H2,1H3,(H2,19,21). The lowest BCUT2D eigenvalue weighted by atomic mass is 10.3. The normalized spacial score (nSPS) is 16.8. The molecule has 1 saturated heterocycles. The van der Waals surface area contributed by atoms with E-state index in [0.29, 0.717) is 12.5 Å². The van der Waals surface area contributed by atoms with Crippen LogP contribution in [0.2, 0.25) is 0 Å². The predicted molar refractivity (Wildman–Crippen MR) is 107 cm³/mol. The van der Waals surface area contributed by atoms with Crippen molar-refractivity contribution in [1.29, 1.82) is 0 Å². The number of hydrogen-bond acceptors (Lipinski definition) is 5. The average Bonchev–Trinajstić information content (AvgIpc) is 3.16. The second kappa shape index (κ2) is 8.53. The topological polar surface area (TPSA) is 67.0 Å². The Hall–Kier alpha value is -1.80. The molecular formula is C17H22BrN5OS. The summed E-state index contributed by atoms with van der Waals surface area (Å²) >= 11 is 5.16. The number of aliphatic imine (C=N–C) groups is 1. The van der Waals surface area contributed by atoms with Crippen LogP contribution in [-0.2, 0) is 0 Å². The molecular weight excluding hydrogens is 402 g/mol. The second-order valence-corrected chi connectivity index (χ2v) is 7.57. The summed E-state index contributed by atoms with van der Waals surface area (Å²) in [5.74, 6) is 1.40.